The summed E-state index contributed by atoms with van der Waals surface area (Å²) in [6.45, 7) is 16.8. The minimum Gasteiger partial charge on any atom is -0.496 e. The number of methoxy groups -OCH3 is 2. The number of ketones is 1. The van der Waals surface area contributed by atoms with E-state index in [4.69, 9.17) is 24.7 Å². The molecule has 6 rings (SSSR count). The van der Waals surface area contributed by atoms with Crippen molar-refractivity contribution in [2.24, 2.45) is 17.6 Å². The third kappa shape index (κ3) is 26.5. The van der Waals surface area contributed by atoms with Crippen LogP contribution >= 0.6 is 27.0 Å². The van der Waals surface area contributed by atoms with E-state index in [2.05, 4.69) is 0 Å². The fourth-order valence-electron chi connectivity index (χ4n) is 12.7. The third-order valence-electron chi connectivity index (χ3n) is 17.7. The average Bonchev–Trinajstić information content (AvgIpc) is 0.730. The highest BCUT2D eigenvalue weighted by Gasteiger charge is 2.43. The Morgan fingerprint density at radius 1 is 0.514 bits per heavy atom. The summed E-state index contributed by atoms with van der Waals surface area (Å²) in [5, 5.41) is 9.38. The predicted molar refractivity (Wildman–Crippen MR) is 398 cm³/mol. The molecule has 6 aromatic rings. The topological polar surface area (TPSA) is 202 Å². The maximum atomic E-state index is 16.8. The van der Waals surface area contributed by atoms with Gasteiger partial charge in [0.2, 0.25) is 0 Å². The van der Waals surface area contributed by atoms with Crippen molar-refractivity contribution >= 4 is 50.7 Å². The Bertz CT molecular complexity index is 4310. The van der Waals surface area contributed by atoms with Gasteiger partial charge in [0, 0.05) is 65.2 Å². The van der Waals surface area contributed by atoms with Crippen molar-refractivity contribution in [1.82, 2.24) is 18.9 Å². The van der Waals surface area contributed by atoms with E-state index in [1.165, 1.54) is 54.0 Å². The van der Waals surface area contributed by atoms with Crippen molar-refractivity contribution in [1.29, 1.82) is 0 Å². The average molecular weight is 1640 g/mol. The van der Waals surface area contributed by atoms with E-state index in [0.29, 0.717) is 66.2 Å². The molecule has 620 valence electrons. The molecule has 0 aliphatic heterocycles. The SMILES string of the molecule is CC(C)CC(C(=O)O)n1cc(CCCN(C)C)c(C(F)(F)F)cc1=O.CCOC(=O)C[C@H](CC(=O)C(CC(C)C)n1cc(CCCN(C)C)c(C(F)(F)F)cc1=O)c1c(F)c(-c2c(C)ccc(OC)c2C)cc(C(F)(F)F)c1F.CCOC(=O)C[C@H](N)c1c(F)c(-c2c(C)ccc(OC)c2C)cc(C(F)(F)F)c1F.S.S. The number of nitrogens with two attached hydrogens (primary N) is 1. The molecule has 2 heterocycles. The number of carbonyl (C=O) groups excluding carboxylic acids is 3. The molecule has 4 atom stereocenters. The fraction of sp³-hybridized carbons (Fsp3) is 0.506. The van der Waals surface area contributed by atoms with E-state index in [-0.39, 0.29) is 118 Å². The van der Waals surface area contributed by atoms with Gasteiger partial charge in [-0.1, -0.05) is 39.8 Å². The van der Waals surface area contributed by atoms with Crippen LogP contribution in [0.5, 0.6) is 11.5 Å². The van der Waals surface area contributed by atoms with Crippen LogP contribution in [0.15, 0.2) is 70.5 Å². The molecule has 111 heavy (non-hydrogen) atoms. The summed E-state index contributed by atoms with van der Waals surface area (Å²) < 4.78 is 251. The van der Waals surface area contributed by atoms with Crippen LogP contribution in [0, 0.1) is 62.8 Å². The molecule has 34 heteroatoms. The summed E-state index contributed by atoms with van der Waals surface area (Å²) in [5.41, 5.74) is -4.26. The largest absolute Gasteiger partial charge is 0.496 e. The number of esters is 2. The molecule has 0 bridgehead atoms. The molecule has 0 saturated carbocycles. The van der Waals surface area contributed by atoms with Gasteiger partial charge in [0.1, 0.15) is 40.8 Å². The standard InChI is InChI=1S/C39H46F8N2O5.C21H22F5NO3.C17H25F3N2O3.2H2S/c1-9-54-33(52)17-25(35-36(40)26(18-28(37(35)41)39(45,46)47)34-22(4)12-13-31(53-8)23(34)5)16-30(50)29(15-21(2)3)49-20-24(11-10-14-48(6)7)27(19-32(49)51)38(42,43)44;1-5-30-16(28)9-14(27)18-19(22)12(8-13(20(18)23)21(24,25)26)17-10(2)6-7-15(29-4)11(17)3;1-11(2)8-14(16(24)25)22-10-12(6-5-7-21(3)4)13(9-15(22)23)17(18,19)20;;/h12-13,18-21,25,29H,9-11,14-17H2,1-8H3;6-8,14H,5,9,27H2,1-4H3;9-11,14H,5-8H2,1-4H3,(H,24,25);2*1H2/t25-,29?;14-;;;/m00.../s1. The molecule has 0 aliphatic rings. The second kappa shape index (κ2) is 42.2. The Labute approximate surface area is 647 Å². The van der Waals surface area contributed by atoms with Gasteiger partial charge in [-0.2, -0.15) is 79.7 Å². The van der Waals surface area contributed by atoms with Crippen molar-refractivity contribution < 1.29 is 113 Å². The van der Waals surface area contributed by atoms with Crippen molar-refractivity contribution in [3.63, 3.8) is 0 Å². The van der Waals surface area contributed by atoms with Gasteiger partial charge in [0.05, 0.1) is 68.6 Å². The number of carboxylic acids is 1. The Hall–Kier alpha value is -8.08. The van der Waals surface area contributed by atoms with Crippen LogP contribution in [-0.2, 0) is 66.2 Å². The van der Waals surface area contributed by atoms with E-state index in [0.717, 1.165) is 21.5 Å². The quantitative estimate of drug-likeness (QED) is 0.0318. The third-order valence-corrected chi connectivity index (χ3v) is 17.7. The lowest BCUT2D eigenvalue weighted by molar-refractivity contribution is -0.144. The number of carbonyl (C=O) groups is 4. The maximum Gasteiger partial charge on any atom is 0.419 e. The first-order valence-electron chi connectivity index (χ1n) is 34.6. The summed E-state index contributed by atoms with van der Waals surface area (Å²) in [6, 6.07) is 3.44. The number of aryl methyl sites for hydroxylation is 4. The number of nitrogens with zero attached hydrogens (tertiary/aromatic N) is 4. The van der Waals surface area contributed by atoms with Crippen LogP contribution in [0.25, 0.3) is 22.3 Å². The van der Waals surface area contributed by atoms with Crippen LogP contribution in [0.4, 0.5) is 70.2 Å². The van der Waals surface area contributed by atoms with E-state index >= 15 is 13.2 Å². The monoisotopic (exact) mass is 1640 g/mol. The Balaban J connectivity index is 0.000000618. The smallest absolute Gasteiger partial charge is 0.419 e. The summed E-state index contributed by atoms with van der Waals surface area (Å²) in [5.74, 6) is -12.5. The van der Waals surface area contributed by atoms with Crippen molar-refractivity contribution in [3.8, 4) is 33.8 Å². The second-order valence-electron chi connectivity index (χ2n) is 27.5. The molecule has 0 fully saturated rings. The molecule has 4 aromatic carbocycles. The van der Waals surface area contributed by atoms with Gasteiger partial charge >= 0.3 is 42.6 Å². The molecule has 0 saturated heterocycles. The number of aliphatic carboxylic acids is 1. The number of halogens is 16. The molecule has 0 spiro atoms. The first-order valence-corrected chi connectivity index (χ1v) is 34.6. The van der Waals surface area contributed by atoms with Gasteiger partial charge in [-0.05, 0) is 202 Å². The van der Waals surface area contributed by atoms with Gasteiger partial charge in [0.15, 0.2) is 5.78 Å². The van der Waals surface area contributed by atoms with E-state index in [9.17, 15) is 90.9 Å². The van der Waals surface area contributed by atoms with Crippen molar-refractivity contribution in [3.05, 3.63) is 172 Å². The fourth-order valence-corrected chi connectivity index (χ4v) is 12.7. The van der Waals surface area contributed by atoms with E-state index in [1.807, 2.05) is 19.0 Å². The number of hydrogen-bond acceptors (Lipinski definition) is 13. The molecule has 2 unspecified atom stereocenters. The molecular formula is C77H97F16N5O11S2. The Kier molecular flexibility index (Phi) is 37.6. The summed E-state index contributed by atoms with van der Waals surface area (Å²) in [7, 11) is 9.76. The summed E-state index contributed by atoms with van der Waals surface area (Å²) >= 11 is 0. The molecule has 3 N–H and O–H groups in total. The lowest BCUT2D eigenvalue weighted by Crippen LogP contribution is -2.33. The van der Waals surface area contributed by atoms with Gasteiger partial charge in [-0.3, -0.25) is 24.0 Å². The van der Waals surface area contributed by atoms with Crippen LogP contribution in [0.1, 0.15) is 177 Å². The van der Waals surface area contributed by atoms with Crippen LogP contribution in [0.2, 0.25) is 0 Å². The highest BCUT2D eigenvalue weighted by molar-refractivity contribution is 7.59. The molecule has 2 aromatic heterocycles. The zero-order chi connectivity index (χ0) is 83.0. The zero-order valence-corrected chi connectivity index (χ0v) is 66.4. The molecule has 0 radical (unpaired) electrons. The van der Waals surface area contributed by atoms with Gasteiger partial charge in [0.25, 0.3) is 11.1 Å². The predicted octanol–water partition coefficient (Wildman–Crippen LogP) is 17.7. The number of ether oxygens (including phenoxy) is 4. The second-order valence-corrected chi connectivity index (χ2v) is 27.5. The van der Waals surface area contributed by atoms with Gasteiger partial charge in [-0.15, -0.1) is 0 Å². The molecule has 16 nitrogen and oxygen atoms in total. The number of hydrogen-bond donors (Lipinski definition) is 2. The van der Waals surface area contributed by atoms with Gasteiger partial charge in [-0.25, -0.2) is 22.4 Å². The number of Topliss-reactive ketones (excluding diaryl/α,β-unsaturated/α-hetero) is 1. The molecule has 0 aliphatic carbocycles. The number of aromatic nitrogens is 2. The normalized spacial score (nSPS) is 12.9. The Morgan fingerprint density at radius 2 is 0.865 bits per heavy atom. The molecule has 0 amide bonds. The van der Waals surface area contributed by atoms with Crippen molar-refractivity contribution in [2.75, 3.05) is 68.7 Å². The maximum absolute atomic E-state index is 16.8. The number of alkyl halides is 12. The van der Waals surface area contributed by atoms with Crippen LogP contribution < -0.4 is 26.3 Å². The van der Waals surface area contributed by atoms with Crippen LogP contribution in [-0.4, -0.2) is 116 Å². The number of benzene rings is 4. The lowest BCUT2D eigenvalue weighted by atomic mass is 9.83. The highest BCUT2D eigenvalue weighted by Crippen LogP contribution is 2.47. The minimum absolute atomic E-state index is 0. The lowest BCUT2D eigenvalue weighted by Gasteiger charge is -2.27. The highest BCUT2D eigenvalue weighted by atomic mass is 32.1. The van der Waals surface area contributed by atoms with E-state index < -0.39 is 171 Å². The number of carboxylic acid groups (broad SMARTS) is 1. The first-order chi connectivity index (χ1) is 50.4. The summed E-state index contributed by atoms with van der Waals surface area (Å²) in [6.07, 6.45) is -19.8. The van der Waals surface area contributed by atoms with Crippen LogP contribution in [0.3, 0.4) is 0 Å². The number of rotatable bonds is 30. The number of pyridine rings is 2. The zero-order valence-electron chi connectivity index (χ0n) is 64.4. The minimum atomic E-state index is -5.35. The van der Waals surface area contributed by atoms with E-state index in [1.54, 1.807) is 72.7 Å². The summed E-state index contributed by atoms with van der Waals surface area (Å²) in [4.78, 5) is 79.4. The van der Waals surface area contributed by atoms with Gasteiger partial charge < -0.3 is 48.7 Å². The molecular weight excluding hydrogens is 1540 g/mol. The first kappa shape index (κ1) is 99.0. The van der Waals surface area contributed by atoms with Crippen molar-refractivity contribution in [2.45, 2.75) is 176 Å². The Morgan fingerprint density at radius 3 is 1.21 bits per heavy atom.